The second kappa shape index (κ2) is 11.3. The second-order valence-corrected chi connectivity index (χ2v) is 11.8. The Balaban J connectivity index is 0.999. The van der Waals surface area contributed by atoms with Crippen LogP contribution < -0.4 is 10.2 Å². The molecule has 5 heterocycles. The van der Waals surface area contributed by atoms with Crippen LogP contribution in [0.15, 0.2) is 49.1 Å². The van der Waals surface area contributed by atoms with Crippen molar-refractivity contribution in [3.05, 3.63) is 59.8 Å². The summed E-state index contributed by atoms with van der Waals surface area (Å²) in [6.07, 6.45) is 12.1. The van der Waals surface area contributed by atoms with Crippen LogP contribution in [0.3, 0.4) is 0 Å². The molecular weight excluding hydrogens is 522 g/mol. The van der Waals surface area contributed by atoms with Crippen LogP contribution in [0.4, 0.5) is 11.4 Å². The second-order valence-electron chi connectivity index (χ2n) is 11.4. The van der Waals surface area contributed by atoms with Gasteiger partial charge in [0, 0.05) is 88.2 Å². The van der Waals surface area contributed by atoms with Crippen LogP contribution in [0, 0.1) is 5.92 Å². The number of nitrogens with zero attached hydrogens (tertiary/aromatic N) is 7. The van der Waals surface area contributed by atoms with E-state index >= 15 is 0 Å². The van der Waals surface area contributed by atoms with E-state index < -0.39 is 0 Å². The van der Waals surface area contributed by atoms with Crippen LogP contribution in [0.5, 0.6) is 0 Å². The van der Waals surface area contributed by atoms with Gasteiger partial charge in [-0.25, -0.2) is 9.97 Å². The van der Waals surface area contributed by atoms with Crippen LogP contribution in [0.2, 0.25) is 5.02 Å². The number of halogens is 1. The van der Waals surface area contributed by atoms with Gasteiger partial charge in [-0.15, -0.1) is 0 Å². The summed E-state index contributed by atoms with van der Waals surface area (Å²) in [5.74, 6) is 1.76. The third kappa shape index (κ3) is 5.77. The number of H-pyrrole nitrogens is 1. The largest absolute Gasteiger partial charge is 0.379 e. The minimum absolute atomic E-state index is 0.402. The summed E-state index contributed by atoms with van der Waals surface area (Å²) in [6.45, 7) is 8.40. The van der Waals surface area contributed by atoms with Gasteiger partial charge >= 0.3 is 0 Å². The molecule has 1 aliphatic carbocycles. The van der Waals surface area contributed by atoms with Crippen molar-refractivity contribution in [3.63, 3.8) is 0 Å². The zero-order valence-electron chi connectivity index (χ0n) is 22.8. The highest BCUT2D eigenvalue weighted by atomic mass is 35.5. The summed E-state index contributed by atoms with van der Waals surface area (Å²) >= 11 is 6.64. The number of piperidine rings is 1. The molecule has 10 heteroatoms. The van der Waals surface area contributed by atoms with Gasteiger partial charge in [0.15, 0.2) is 5.65 Å². The van der Waals surface area contributed by atoms with Gasteiger partial charge in [0.05, 0.1) is 22.6 Å². The van der Waals surface area contributed by atoms with Gasteiger partial charge in [0.2, 0.25) is 0 Å². The van der Waals surface area contributed by atoms with Crippen LogP contribution in [-0.2, 0) is 6.54 Å². The minimum atomic E-state index is 0.402. The van der Waals surface area contributed by atoms with Crippen molar-refractivity contribution in [2.75, 3.05) is 56.0 Å². The van der Waals surface area contributed by atoms with E-state index in [-0.39, 0.29) is 0 Å². The van der Waals surface area contributed by atoms with E-state index in [9.17, 15) is 0 Å². The number of hydrogen-bond acceptors (Lipinski definition) is 8. The average molecular weight is 558 g/mol. The van der Waals surface area contributed by atoms with E-state index in [0.717, 1.165) is 98.5 Å². The SMILES string of the molecule is Clc1cnc2[nH]c(-c3ccc(N4CCN(Cc5cnccn5)CC4)cc3)nc2c1NC1CCN(CC2CC2)CC1. The van der Waals surface area contributed by atoms with Gasteiger partial charge in [0.25, 0.3) is 0 Å². The Labute approximate surface area is 240 Å². The Morgan fingerprint density at radius 3 is 2.40 bits per heavy atom. The normalized spacial score (nSPS) is 19.4. The molecule has 0 atom stereocenters. The lowest BCUT2D eigenvalue weighted by atomic mass is 10.0. The Morgan fingerprint density at radius 2 is 1.68 bits per heavy atom. The number of fused-ring (bicyclic) bond motifs is 1. The van der Waals surface area contributed by atoms with E-state index in [2.05, 4.69) is 64.2 Å². The first-order valence-electron chi connectivity index (χ1n) is 14.5. The molecule has 3 aromatic heterocycles. The predicted molar refractivity (Wildman–Crippen MR) is 160 cm³/mol. The summed E-state index contributed by atoms with van der Waals surface area (Å²) in [5, 5.41) is 4.34. The molecule has 0 spiro atoms. The summed E-state index contributed by atoms with van der Waals surface area (Å²) in [7, 11) is 0. The predicted octanol–water partition coefficient (Wildman–Crippen LogP) is 4.68. The highest BCUT2D eigenvalue weighted by Crippen LogP contribution is 2.34. The fourth-order valence-electron chi connectivity index (χ4n) is 5.97. The minimum Gasteiger partial charge on any atom is -0.379 e. The maximum Gasteiger partial charge on any atom is 0.159 e. The molecule has 0 unspecified atom stereocenters. The highest BCUT2D eigenvalue weighted by Gasteiger charge is 2.28. The maximum atomic E-state index is 6.64. The maximum absolute atomic E-state index is 6.64. The molecule has 2 aliphatic heterocycles. The molecule has 0 amide bonds. The molecule has 3 aliphatic rings. The number of likely N-dealkylation sites (tertiary alicyclic amines) is 1. The lowest BCUT2D eigenvalue weighted by Gasteiger charge is -2.36. The van der Waals surface area contributed by atoms with Crippen molar-refractivity contribution < 1.29 is 0 Å². The molecular formula is C30H36ClN9. The quantitative estimate of drug-likeness (QED) is 0.323. The van der Waals surface area contributed by atoms with Crippen LogP contribution in [-0.4, -0.2) is 86.6 Å². The molecule has 208 valence electrons. The van der Waals surface area contributed by atoms with Gasteiger partial charge in [-0.1, -0.05) is 11.6 Å². The van der Waals surface area contributed by atoms with Crippen molar-refractivity contribution in [1.82, 2.24) is 34.7 Å². The van der Waals surface area contributed by atoms with Gasteiger partial charge in [-0.05, 0) is 55.9 Å². The Morgan fingerprint density at radius 1 is 0.875 bits per heavy atom. The van der Waals surface area contributed by atoms with Gasteiger partial charge in [-0.3, -0.25) is 14.9 Å². The van der Waals surface area contributed by atoms with Crippen molar-refractivity contribution in [3.8, 4) is 11.4 Å². The van der Waals surface area contributed by atoms with Gasteiger partial charge < -0.3 is 20.1 Å². The van der Waals surface area contributed by atoms with Crippen molar-refractivity contribution in [2.24, 2.45) is 5.92 Å². The van der Waals surface area contributed by atoms with Crippen molar-refractivity contribution in [1.29, 1.82) is 0 Å². The molecule has 1 aromatic carbocycles. The van der Waals surface area contributed by atoms with E-state index in [0.29, 0.717) is 11.1 Å². The molecule has 40 heavy (non-hydrogen) atoms. The third-order valence-electron chi connectivity index (χ3n) is 8.50. The molecule has 9 nitrogen and oxygen atoms in total. The number of aromatic amines is 1. The lowest BCUT2D eigenvalue weighted by molar-refractivity contribution is 0.211. The summed E-state index contributed by atoms with van der Waals surface area (Å²) in [6, 6.07) is 9.07. The van der Waals surface area contributed by atoms with Crippen LogP contribution in [0.25, 0.3) is 22.6 Å². The first kappa shape index (κ1) is 25.7. The zero-order valence-corrected chi connectivity index (χ0v) is 23.5. The number of aromatic nitrogens is 5. The van der Waals surface area contributed by atoms with E-state index in [4.69, 9.17) is 16.6 Å². The smallest absolute Gasteiger partial charge is 0.159 e. The first-order valence-corrected chi connectivity index (χ1v) is 14.9. The van der Waals surface area contributed by atoms with Crippen LogP contribution in [0.1, 0.15) is 31.4 Å². The zero-order chi connectivity index (χ0) is 26.9. The number of rotatable bonds is 8. The summed E-state index contributed by atoms with van der Waals surface area (Å²) in [4.78, 5) is 29.0. The number of hydrogen-bond donors (Lipinski definition) is 2. The third-order valence-corrected chi connectivity index (χ3v) is 8.78. The number of pyridine rings is 1. The fraction of sp³-hybridized carbons (Fsp3) is 0.467. The van der Waals surface area contributed by atoms with Gasteiger partial charge in [-0.2, -0.15) is 0 Å². The number of imidazole rings is 1. The molecule has 2 N–H and O–H groups in total. The number of nitrogens with one attached hydrogen (secondary N) is 2. The Kier molecular flexibility index (Phi) is 7.26. The summed E-state index contributed by atoms with van der Waals surface area (Å²) < 4.78 is 0. The van der Waals surface area contributed by atoms with Crippen LogP contribution >= 0.6 is 11.6 Å². The highest BCUT2D eigenvalue weighted by molar-refractivity contribution is 6.34. The monoisotopic (exact) mass is 557 g/mol. The van der Waals surface area contributed by atoms with E-state index in [1.54, 1.807) is 18.6 Å². The Hall–Kier alpha value is -3.27. The lowest BCUT2D eigenvalue weighted by Crippen LogP contribution is -2.46. The fourth-order valence-corrected chi connectivity index (χ4v) is 6.16. The van der Waals surface area contributed by atoms with Gasteiger partial charge in [0.1, 0.15) is 11.3 Å². The molecule has 4 aromatic rings. The number of anilines is 2. The van der Waals surface area contributed by atoms with E-state index in [1.165, 1.54) is 25.1 Å². The van der Waals surface area contributed by atoms with E-state index in [1.807, 2.05) is 6.20 Å². The molecule has 1 saturated carbocycles. The molecule has 7 rings (SSSR count). The molecule has 3 fully saturated rings. The average Bonchev–Trinajstić information content (AvgIpc) is 3.71. The summed E-state index contributed by atoms with van der Waals surface area (Å²) in [5.41, 5.74) is 5.76. The van der Waals surface area contributed by atoms with Crippen molar-refractivity contribution in [2.45, 2.75) is 38.3 Å². The standard InChI is InChI=1S/C30H36ClN9/c31-26-18-34-30-28(27(26)35-23-7-11-38(12-8-23)19-21-1-2-21)36-29(37-30)22-3-5-25(6-4-22)40-15-13-39(14-16-40)20-24-17-32-9-10-33-24/h3-6,9-10,17-18,21,23H,1-2,7-8,11-16,19-20H2,(H2,34,35,36,37). The van der Waals surface area contributed by atoms with Crippen molar-refractivity contribution >= 4 is 34.1 Å². The number of benzene rings is 1. The topological polar surface area (TPSA) is 89.1 Å². The molecule has 0 bridgehead atoms. The Bertz CT molecular complexity index is 1420. The number of piperazine rings is 1. The molecule has 0 radical (unpaired) electrons. The first-order chi connectivity index (χ1) is 19.7. The molecule has 2 saturated heterocycles.